The van der Waals surface area contributed by atoms with E-state index in [9.17, 15) is 4.79 Å². The molecule has 0 radical (unpaired) electrons. The molecule has 0 atom stereocenters. The summed E-state index contributed by atoms with van der Waals surface area (Å²) in [6, 6.07) is 5.49. The van der Waals surface area contributed by atoms with Crippen molar-refractivity contribution < 1.29 is 14.3 Å². The van der Waals surface area contributed by atoms with Crippen LogP contribution in [0.4, 0.5) is 0 Å². The second-order valence-corrected chi connectivity index (χ2v) is 4.91. The zero-order valence-corrected chi connectivity index (χ0v) is 10.6. The molecule has 0 bridgehead atoms. The average Bonchev–Trinajstić information content (AvgIpc) is 3.09. The van der Waals surface area contributed by atoms with Crippen LogP contribution in [0.3, 0.4) is 0 Å². The van der Waals surface area contributed by atoms with Crippen molar-refractivity contribution in [2.45, 2.75) is 6.54 Å². The first-order chi connectivity index (χ1) is 9.24. The standard InChI is InChI=1S/C13H10N2O3S/c16-13(17)9-6-10(18-8-9)7-15-4-3-14-12(15)11-2-1-5-19-11/h1-6,8H,7H2,(H,16,17). The van der Waals surface area contributed by atoms with E-state index in [0.717, 1.165) is 10.7 Å². The number of rotatable bonds is 4. The summed E-state index contributed by atoms with van der Waals surface area (Å²) >= 11 is 1.61. The first-order valence-corrected chi connectivity index (χ1v) is 6.48. The van der Waals surface area contributed by atoms with E-state index in [1.54, 1.807) is 17.5 Å². The molecule has 0 aliphatic carbocycles. The van der Waals surface area contributed by atoms with Crippen LogP contribution in [0.1, 0.15) is 16.1 Å². The minimum absolute atomic E-state index is 0.160. The number of furan rings is 1. The summed E-state index contributed by atoms with van der Waals surface area (Å²) in [6.45, 7) is 0.459. The molecule has 0 aromatic carbocycles. The lowest BCUT2D eigenvalue weighted by atomic mass is 10.3. The van der Waals surface area contributed by atoms with E-state index < -0.39 is 5.97 Å². The number of carbonyl (C=O) groups is 1. The van der Waals surface area contributed by atoms with Crippen molar-refractivity contribution >= 4 is 17.3 Å². The van der Waals surface area contributed by atoms with Gasteiger partial charge in [-0.05, 0) is 17.5 Å². The lowest BCUT2D eigenvalue weighted by molar-refractivity contribution is 0.0696. The molecule has 0 amide bonds. The fraction of sp³-hybridized carbons (Fsp3) is 0.0769. The Bertz CT molecular complexity index is 697. The Hall–Kier alpha value is -2.34. The lowest BCUT2D eigenvalue weighted by Gasteiger charge is -2.03. The fourth-order valence-electron chi connectivity index (χ4n) is 1.81. The van der Waals surface area contributed by atoms with Crippen molar-refractivity contribution in [1.29, 1.82) is 0 Å². The summed E-state index contributed by atoms with van der Waals surface area (Å²) in [4.78, 5) is 16.2. The van der Waals surface area contributed by atoms with Gasteiger partial charge in [0, 0.05) is 12.4 Å². The number of imidazole rings is 1. The van der Waals surface area contributed by atoms with E-state index in [2.05, 4.69) is 4.98 Å². The van der Waals surface area contributed by atoms with Crippen LogP contribution in [-0.2, 0) is 6.54 Å². The van der Waals surface area contributed by atoms with Crippen LogP contribution in [0.5, 0.6) is 0 Å². The quantitative estimate of drug-likeness (QED) is 0.794. The Balaban J connectivity index is 1.87. The number of aromatic carboxylic acids is 1. The molecule has 0 fully saturated rings. The molecule has 0 aliphatic rings. The number of carboxylic acid groups (broad SMARTS) is 1. The van der Waals surface area contributed by atoms with Gasteiger partial charge < -0.3 is 14.1 Å². The first-order valence-electron chi connectivity index (χ1n) is 5.60. The van der Waals surface area contributed by atoms with Gasteiger partial charge in [-0.15, -0.1) is 11.3 Å². The normalized spacial score (nSPS) is 10.7. The fourth-order valence-corrected chi connectivity index (χ4v) is 2.55. The second-order valence-electron chi connectivity index (χ2n) is 3.96. The van der Waals surface area contributed by atoms with Crippen molar-refractivity contribution in [3.8, 4) is 10.7 Å². The number of aromatic nitrogens is 2. The van der Waals surface area contributed by atoms with Gasteiger partial charge in [0.15, 0.2) is 0 Å². The predicted octanol–water partition coefficient (Wildman–Crippen LogP) is 2.95. The van der Waals surface area contributed by atoms with Crippen LogP contribution in [0, 0.1) is 0 Å². The number of hydrogen-bond acceptors (Lipinski definition) is 4. The molecule has 6 heteroatoms. The van der Waals surface area contributed by atoms with Crippen molar-refractivity contribution in [2.24, 2.45) is 0 Å². The van der Waals surface area contributed by atoms with Gasteiger partial charge in [0.1, 0.15) is 17.8 Å². The van der Waals surface area contributed by atoms with Gasteiger partial charge in [-0.2, -0.15) is 0 Å². The Morgan fingerprint density at radius 3 is 3.11 bits per heavy atom. The third-order valence-corrected chi connectivity index (χ3v) is 3.55. The SMILES string of the molecule is O=C(O)c1coc(Cn2ccnc2-c2cccs2)c1. The van der Waals surface area contributed by atoms with Gasteiger partial charge in [-0.1, -0.05) is 6.07 Å². The molecule has 3 aromatic heterocycles. The van der Waals surface area contributed by atoms with Crippen LogP contribution in [0.15, 0.2) is 46.7 Å². The van der Waals surface area contributed by atoms with Crippen LogP contribution < -0.4 is 0 Å². The van der Waals surface area contributed by atoms with Gasteiger partial charge in [-0.25, -0.2) is 9.78 Å². The smallest absolute Gasteiger partial charge is 0.338 e. The first kappa shape index (κ1) is 11.7. The minimum Gasteiger partial charge on any atom is -0.478 e. The van der Waals surface area contributed by atoms with Crippen LogP contribution in [0.2, 0.25) is 0 Å². The average molecular weight is 274 g/mol. The third-order valence-electron chi connectivity index (χ3n) is 2.68. The highest BCUT2D eigenvalue weighted by Crippen LogP contribution is 2.23. The van der Waals surface area contributed by atoms with E-state index in [0.29, 0.717) is 12.3 Å². The van der Waals surface area contributed by atoms with Crippen LogP contribution in [0.25, 0.3) is 10.7 Å². The highest BCUT2D eigenvalue weighted by molar-refractivity contribution is 7.13. The Morgan fingerprint density at radius 1 is 1.53 bits per heavy atom. The minimum atomic E-state index is -0.987. The summed E-state index contributed by atoms with van der Waals surface area (Å²) in [7, 11) is 0. The van der Waals surface area contributed by atoms with E-state index >= 15 is 0 Å². The molecule has 1 N–H and O–H groups in total. The van der Waals surface area contributed by atoms with E-state index in [1.807, 2.05) is 28.3 Å². The van der Waals surface area contributed by atoms with Crippen LogP contribution >= 0.6 is 11.3 Å². The number of hydrogen-bond donors (Lipinski definition) is 1. The largest absolute Gasteiger partial charge is 0.478 e. The van der Waals surface area contributed by atoms with E-state index in [1.165, 1.54) is 12.3 Å². The maximum absolute atomic E-state index is 10.8. The molecule has 5 nitrogen and oxygen atoms in total. The molecular formula is C13H10N2O3S. The topological polar surface area (TPSA) is 68.3 Å². The Labute approximate surface area is 112 Å². The second kappa shape index (κ2) is 4.74. The van der Waals surface area contributed by atoms with E-state index in [4.69, 9.17) is 9.52 Å². The predicted molar refractivity (Wildman–Crippen MR) is 70.3 cm³/mol. The Morgan fingerprint density at radius 2 is 2.42 bits per heavy atom. The van der Waals surface area contributed by atoms with Crippen molar-refractivity contribution in [3.05, 3.63) is 53.6 Å². The maximum atomic E-state index is 10.8. The monoisotopic (exact) mass is 274 g/mol. The van der Waals surface area contributed by atoms with Crippen LogP contribution in [-0.4, -0.2) is 20.6 Å². The molecule has 3 aromatic rings. The highest BCUT2D eigenvalue weighted by atomic mass is 32.1. The molecule has 96 valence electrons. The van der Waals surface area contributed by atoms with E-state index in [-0.39, 0.29) is 5.56 Å². The van der Waals surface area contributed by atoms with Crippen molar-refractivity contribution in [3.63, 3.8) is 0 Å². The van der Waals surface area contributed by atoms with Gasteiger partial charge in [0.05, 0.1) is 17.0 Å². The molecule has 0 unspecified atom stereocenters. The molecule has 3 rings (SSSR count). The number of carboxylic acids is 1. The zero-order valence-electron chi connectivity index (χ0n) is 9.81. The molecule has 0 saturated heterocycles. The summed E-state index contributed by atoms with van der Waals surface area (Å²) in [5, 5.41) is 10.8. The molecule has 0 aliphatic heterocycles. The summed E-state index contributed by atoms with van der Waals surface area (Å²) in [5.74, 6) is 0.454. The summed E-state index contributed by atoms with van der Waals surface area (Å²) in [6.07, 6.45) is 4.81. The number of thiophene rings is 1. The van der Waals surface area contributed by atoms with Crippen molar-refractivity contribution in [2.75, 3.05) is 0 Å². The molecule has 19 heavy (non-hydrogen) atoms. The summed E-state index contributed by atoms with van der Waals surface area (Å²) in [5.41, 5.74) is 0.160. The molecular weight excluding hydrogens is 264 g/mol. The Kier molecular flexibility index (Phi) is 2.92. The van der Waals surface area contributed by atoms with Gasteiger partial charge in [-0.3, -0.25) is 0 Å². The van der Waals surface area contributed by atoms with Gasteiger partial charge >= 0.3 is 5.97 Å². The van der Waals surface area contributed by atoms with Crippen molar-refractivity contribution in [1.82, 2.24) is 9.55 Å². The maximum Gasteiger partial charge on any atom is 0.338 e. The molecule has 0 spiro atoms. The number of nitrogens with zero attached hydrogens (tertiary/aromatic N) is 2. The third kappa shape index (κ3) is 2.30. The zero-order chi connectivity index (χ0) is 13.2. The molecule has 3 heterocycles. The lowest BCUT2D eigenvalue weighted by Crippen LogP contribution is -1.99. The van der Waals surface area contributed by atoms with Gasteiger partial charge in [0.25, 0.3) is 0 Å². The summed E-state index contributed by atoms with van der Waals surface area (Å²) < 4.78 is 7.17. The molecule has 0 saturated carbocycles. The van der Waals surface area contributed by atoms with Gasteiger partial charge in [0.2, 0.25) is 0 Å². The highest BCUT2D eigenvalue weighted by Gasteiger charge is 2.11.